The van der Waals surface area contributed by atoms with E-state index in [9.17, 15) is 0 Å². The van der Waals surface area contributed by atoms with Crippen molar-refractivity contribution >= 4 is 11.3 Å². The lowest BCUT2D eigenvalue weighted by molar-refractivity contribution is 0.211. The Balaban J connectivity index is 1.77. The molecule has 4 heteroatoms. The molecule has 2 N–H and O–H groups in total. The largest absolute Gasteiger partial charge is 0.327 e. The standard InChI is InChI=1S/C11H19N3S/c1-9-13-11(8-15-9)4-6-14-5-2-3-10(12)7-14/h8,10H,2-7,12H2,1H3. The number of hydrogen-bond acceptors (Lipinski definition) is 4. The molecule has 1 saturated heterocycles. The molecule has 0 amide bonds. The van der Waals surface area contributed by atoms with Crippen LogP contribution in [0, 0.1) is 6.92 Å². The zero-order valence-electron chi connectivity index (χ0n) is 9.28. The maximum absolute atomic E-state index is 5.94. The van der Waals surface area contributed by atoms with Gasteiger partial charge in [0, 0.05) is 30.9 Å². The molecule has 1 atom stereocenters. The summed E-state index contributed by atoms with van der Waals surface area (Å²) in [6, 6.07) is 0.385. The third kappa shape index (κ3) is 3.26. The summed E-state index contributed by atoms with van der Waals surface area (Å²) in [5, 5.41) is 3.33. The van der Waals surface area contributed by atoms with Gasteiger partial charge < -0.3 is 10.6 Å². The molecule has 0 aromatic carbocycles. The van der Waals surface area contributed by atoms with Crippen molar-refractivity contribution in [3.63, 3.8) is 0 Å². The predicted molar refractivity (Wildman–Crippen MR) is 64.2 cm³/mol. The maximum Gasteiger partial charge on any atom is 0.0897 e. The van der Waals surface area contributed by atoms with Crippen LogP contribution in [0.3, 0.4) is 0 Å². The van der Waals surface area contributed by atoms with E-state index in [0.29, 0.717) is 6.04 Å². The zero-order chi connectivity index (χ0) is 10.7. The quantitative estimate of drug-likeness (QED) is 0.846. The van der Waals surface area contributed by atoms with Gasteiger partial charge in [-0.1, -0.05) is 0 Å². The summed E-state index contributed by atoms with van der Waals surface area (Å²) in [6.45, 7) is 5.43. The molecule has 1 aromatic rings. The van der Waals surface area contributed by atoms with E-state index in [0.717, 1.165) is 19.5 Å². The summed E-state index contributed by atoms with van der Waals surface area (Å²) >= 11 is 1.74. The third-order valence-corrected chi connectivity index (χ3v) is 3.72. The second kappa shape index (κ2) is 5.05. The number of aromatic nitrogens is 1. The number of nitrogens with zero attached hydrogens (tertiary/aromatic N) is 2. The fourth-order valence-corrected chi connectivity index (χ4v) is 2.74. The van der Waals surface area contributed by atoms with Crippen LogP contribution in [0.5, 0.6) is 0 Å². The molecular formula is C11H19N3S. The molecule has 0 radical (unpaired) electrons. The molecule has 1 aliphatic rings. The fraction of sp³-hybridized carbons (Fsp3) is 0.727. The first kappa shape index (κ1) is 11.0. The van der Waals surface area contributed by atoms with Crippen LogP contribution in [0.1, 0.15) is 23.5 Å². The SMILES string of the molecule is Cc1nc(CCN2CCCC(N)C2)cs1. The number of rotatable bonds is 3. The summed E-state index contributed by atoms with van der Waals surface area (Å²) in [6.07, 6.45) is 3.50. The first-order chi connectivity index (χ1) is 7.24. The fourth-order valence-electron chi connectivity index (χ4n) is 2.09. The minimum Gasteiger partial charge on any atom is -0.327 e. The maximum atomic E-state index is 5.94. The van der Waals surface area contributed by atoms with Crippen molar-refractivity contribution in [1.82, 2.24) is 9.88 Å². The summed E-state index contributed by atoms with van der Waals surface area (Å²) in [5.41, 5.74) is 7.18. The van der Waals surface area contributed by atoms with E-state index < -0.39 is 0 Å². The molecule has 1 aliphatic heterocycles. The van der Waals surface area contributed by atoms with Crippen LogP contribution in [0.4, 0.5) is 0 Å². The van der Waals surface area contributed by atoms with E-state index in [4.69, 9.17) is 5.73 Å². The van der Waals surface area contributed by atoms with E-state index >= 15 is 0 Å². The topological polar surface area (TPSA) is 42.2 Å². The summed E-state index contributed by atoms with van der Waals surface area (Å²) in [7, 11) is 0. The highest BCUT2D eigenvalue weighted by atomic mass is 32.1. The number of nitrogens with two attached hydrogens (primary N) is 1. The number of aryl methyl sites for hydroxylation is 1. The average Bonchev–Trinajstić information content (AvgIpc) is 2.62. The van der Waals surface area contributed by atoms with Gasteiger partial charge in [-0.25, -0.2) is 4.98 Å². The van der Waals surface area contributed by atoms with Crippen LogP contribution in [0.15, 0.2) is 5.38 Å². The van der Waals surface area contributed by atoms with Gasteiger partial charge in [-0.2, -0.15) is 0 Å². The summed E-state index contributed by atoms with van der Waals surface area (Å²) in [5.74, 6) is 0. The Bertz CT molecular complexity index is 311. The molecule has 15 heavy (non-hydrogen) atoms. The minimum absolute atomic E-state index is 0.385. The Morgan fingerprint density at radius 2 is 2.53 bits per heavy atom. The lowest BCUT2D eigenvalue weighted by Gasteiger charge is -2.30. The molecule has 1 fully saturated rings. The van der Waals surface area contributed by atoms with Crippen molar-refractivity contribution in [1.29, 1.82) is 0 Å². The molecule has 84 valence electrons. The first-order valence-electron chi connectivity index (χ1n) is 5.63. The predicted octanol–water partition coefficient (Wildman–Crippen LogP) is 1.42. The van der Waals surface area contributed by atoms with Gasteiger partial charge in [0.1, 0.15) is 0 Å². The van der Waals surface area contributed by atoms with Crippen molar-refractivity contribution in [2.75, 3.05) is 19.6 Å². The average molecular weight is 225 g/mol. The van der Waals surface area contributed by atoms with Gasteiger partial charge in [-0.05, 0) is 26.3 Å². The second-order valence-corrected chi connectivity index (χ2v) is 5.37. The second-order valence-electron chi connectivity index (χ2n) is 4.31. The van der Waals surface area contributed by atoms with E-state index in [1.807, 2.05) is 0 Å². The number of piperidine rings is 1. The Morgan fingerprint density at radius 1 is 1.67 bits per heavy atom. The number of likely N-dealkylation sites (tertiary alicyclic amines) is 1. The zero-order valence-corrected chi connectivity index (χ0v) is 10.1. The number of thiazole rings is 1. The van der Waals surface area contributed by atoms with Gasteiger partial charge in [-0.3, -0.25) is 0 Å². The molecule has 3 nitrogen and oxygen atoms in total. The highest BCUT2D eigenvalue weighted by Gasteiger charge is 2.16. The molecular weight excluding hydrogens is 206 g/mol. The van der Waals surface area contributed by atoms with Crippen molar-refractivity contribution in [2.24, 2.45) is 5.73 Å². The van der Waals surface area contributed by atoms with Crippen molar-refractivity contribution in [3.05, 3.63) is 16.1 Å². The monoisotopic (exact) mass is 225 g/mol. The lowest BCUT2D eigenvalue weighted by atomic mass is 10.1. The molecule has 0 aliphatic carbocycles. The summed E-state index contributed by atoms with van der Waals surface area (Å²) < 4.78 is 0. The molecule has 0 spiro atoms. The Morgan fingerprint density at radius 3 is 3.20 bits per heavy atom. The van der Waals surface area contributed by atoms with Gasteiger partial charge in [0.25, 0.3) is 0 Å². The van der Waals surface area contributed by atoms with Gasteiger partial charge in [-0.15, -0.1) is 11.3 Å². The van der Waals surface area contributed by atoms with Crippen LogP contribution >= 0.6 is 11.3 Å². The van der Waals surface area contributed by atoms with Gasteiger partial charge >= 0.3 is 0 Å². The molecule has 1 unspecified atom stereocenters. The highest BCUT2D eigenvalue weighted by Crippen LogP contribution is 2.11. The smallest absolute Gasteiger partial charge is 0.0897 e. The van der Waals surface area contributed by atoms with Crippen LogP contribution in [0.2, 0.25) is 0 Å². The normalized spacial score (nSPS) is 23.2. The molecule has 0 bridgehead atoms. The van der Waals surface area contributed by atoms with Crippen LogP contribution in [-0.2, 0) is 6.42 Å². The van der Waals surface area contributed by atoms with Gasteiger partial charge in [0.2, 0.25) is 0 Å². The Labute approximate surface area is 95.3 Å². The third-order valence-electron chi connectivity index (χ3n) is 2.89. The highest BCUT2D eigenvalue weighted by molar-refractivity contribution is 7.09. The van der Waals surface area contributed by atoms with E-state index in [2.05, 4.69) is 22.2 Å². The molecule has 0 saturated carbocycles. The minimum atomic E-state index is 0.385. The lowest BCUT2D eigenvalue weighted by Crippen LogP contribution is -2.43. The van der Waals surface area contributed by atoms with Crippen LogP contribution in [-0.4, -0.2) is 35.6 Å². The van der Waals surface area contributed by atoms with Gasteiger partial charge in [0.05, 0.1) is 10.7 Å². The number of hydrogen-bond donors (Lipinski definition) is 1. The Kier molecular flexibility index (Phi) is 3.72. The molecule has 2 heterocycles. The molecule has 2 rings (SSSR count). The first-order valence-corrected chi connectivity index (χ1v) is 6.51. The van der Waals surface area contributed by atoms with E-state index in [1.165, 1.54) is 30.1 Å². The van der Waals surface area contributed by atoms with Crippen LogP contribution in [0.25, 0.3) is 0 Å². The van der Waals surface area contributed by atoms with Crippen molar-refractivity contribution in [2.45, 2.75) is 32.2 Å². The van der Waals surface area contributed by atoms with Crippen LogP contribution < -0.4 is 5.73 Å². The van der Waals surface area contributed by atoms with Crippen molar-refractivity contribution < 1.29 is 0 Å². The van der Waals surface area contributed by atoms with E-state index in [-0.39, 0.29) is 0 Å². The molecule has 1 aromatic heterocycles. The Hall–Kier alpha value is -0.450. The van der Waals surface area contributed by atoms with Crippen molar-refractivity contribution in [3.8, 4) is 0 Å². The van der Waals surface area contributed by atoms with E-state index in [1.54, 1.807) is 11.3 Å². The van der Waals surface area contributed by atoms with Gasteiger partial charge in [0.15, 0.2) is 0 Å². The summed E-state index contributed by atoms with van der Waals surface area (Å²) in [4.78, 5) is 6.94.